The molecule has 2 N–H and O–H groups in total. The van der Waals surface area contributed by atoms with Gasteiger partial charge in [0.15, 0.2) is 0 Å². The molecule has 4 nitrogen and oxygen atoms in total. The number of hydrogen-bond acceptors (Lipinski definition) is 3. The Hall–Kier alpha value is -1.55. The van der Waals surface area contributed by atoms with Crippen molar-refractivity contribution in [2.75, 3.05) is 20.2 Å². The summed E-state index contributed by atoms with van der Waals surface area (Å²) in [6.45, 7) is 1.50. The van der Waals surface area contributed by atoms with Crippen molar-refractivity contribution in [2.24, 2.45) is 5.73 Å². The molecule has 0 bridgehead atoms. The second-order valence-electron chi connectivity index (χ2n) is 4.73. The molecular weight excluding hydrogens is 228 g/mol. The van der Waals surface area contributed by atoms with Gasteiger partial charge < -0.3 is 15.4 Å². The molecule has 1 unspecified atom stereocenters. The van der Waals surface area contributed by atoms with Crippen LogP contribution in [-0.2, 0) is 11.2 Å². The molecule has 0 spiro atoms. The molecule has 1 heterocycles. The zero-order valence-electron chi connectivity index (χ0n) is 10.8. The van der Waals surface area contributed by atoms with E-state index in [-0.39, 0.29) is 11.9 Å². The van der Waals surface area contributed by atoms with Crippen LogP contribution in [0.5, 0.6) is 5.75 Å². The van der Waals surface area contributed by atoms with Crippen molar-refractivity contribution in [3.8, 4) is 5.75 Å². The predicted octanol–water partition coefficient (Wildman–Crippen LogP) is 1.19. The van der Waals surface area contributed by atoms with Gasteiger partial charge in [-0.3, -0.25) is 4.79 Å². The van der Waals surface area contributed by atoms with Crippen LogP contribution in [-0.4, -0.2) is 37.0 Å². The van der Waals surface area contributed by atoms with E-state index in [2.05, 4.69) is 0 Å². The second-order valence-corrected chi connectivity index (χ2v) is 4.73. The number of carbonyl (C=O) groups is 1. The Morgan fingerprint density at radius 1 is 1.50 bits per heavy atom. The number of carbonyl (C=O) groups excluding carboxylic acids is 1. The third-order valence-corrected chi connectivity index (χ3v) is 3.34. The molecule has 1 aliphatic heterocycles. The van der Waals surface area contributed by atoms with Gasteiger partial charge in [-0.2, -0.15) is 0 Å². The number of para-hydroxylation sites is 1. The van der Waals surface area contributed by atoms with Gasteiger partial charge in [0.25, 0.3) is 0 Å². The van der Waals surface area contributed by atoms with Gasteiger partial charge in [0, 0.05) is 24.7 Å². The molecular formula is C14H20N2O2. The third kappa shape index (κ3) is 3.01. The van der Waals surface area contributed by atoms with E-state index in [1.165, 1.54) is 0 Å². The molecule has 2 rings (SSSR count). The Labute approximate surface area is 108 Å². The average Bonchev–Trinajstić information content (AvgIpc) is 2.39. The lowest BCUT2D eigenvalue weighted by atomic mass is 10.0. The minimum atomic E-state index is 0.125. The largest absolute Gasteiger partial charge is 0.496 e. The van der Waals surface area contributed by atoms with Crippen molar-refractivity contribution >= 4 is 5.91 Å². The first-order chi connectivity index (χ1) is 8.70. The van der Waals surface area contributed by atoms with E-state index < -0.39 is 0 Å². The van der Waals surface area contributed by atoms with Gasteiger partial charge in [-0.1, -0.05) is 18.2 Å². The van der Waals surface area contributed by atoms with Gasteiger partial charge in [-0.05, 0) is 18.9 Å². The number of amides is 1. The number of ether oxygens (including phenoxy) is 1. The lowest BCUT2D eigenvalue weighted by Crippen LogP contribution is -2.46. The Morgan fingerprint density at radius 3 is 3.00 bits per heavy atom. The highest BCUT2D eigenvalue weighted by molar-refractivity contribution is 5.79. The molecule has 4 heteroatoms. The quantitative estimate of drug-likeness (QED) is 0.874. The fourth-order valence-corrected chi connectivity index (χ4v) is 2.36. The van der Waals surface area contributed by atoms with Gasteiger partial charge in [-0.25, -0.2) is 0 Å². The van der Waals surface area contributed by atoms with E-state index >= 15 is 0 Å². The van der Waals surface area contributed by atoms with E-state index in [0.717, 1.165) is 30.7 Å². The predicted molar refractivity (Wildman–Crippen MR) is 70.5 cm³/mol. The standard InChI is InChI=1S/C14H20N2O2/c1-18-13-7-3-2-5-11(13)9-14(17)16-8-4-6-12(15)10-16/h2-3,5,7,12H,4,6,8-10,15H2,1H3. The molecule has 0 radical (unpaired) electrons. The van der Waals surface area contributed by atoms with Crippen LogP contribution in [0.15, 0.2) is 24.3 Å². The molecule has 1 aromatic rings. The van der Waals surface area contributed by atoms with Gasteiger partial charge in [-0.15, -0.1) is 0 Å². The molecule has 0 saturated carbocycles. The maximum atomic E-state index is 12.2. The van der Waals surface area contributed by atoms with E-state index in [1.807, 2.05) is 29.2 Å². The van der Waals surface area contributed by atoms with Crippen LogP contribution < -0.4 is 10.5 Å². The Bertz CT molecular complexity index is 420. The van der Waals surface area contributed by atoms with Crippen molar-refractivity contribution < 1.29 is 9.53 Å². The molecule has 98 valence electrons. The van der Waals surface area contributed by atoms with Crippen LogP contribution in [0.25, 0.3) is 0 Å². The molecule has 1 atom stereocenters. The summed E-state index contributed by atoms with van der Waals surface area (Å²) in [7, 11) is 1.63. The van der Waals surface area contributed by atoms with Crippen LogP contribution in [0, 0.1) is 0 Å². The number of hydrogen-bond donors (Lipinski definition) is 1. The minimum absolute atomic E-state index is 0.125. The molecule has 1 saturated heterocycles. The first-order valence-electron chi connectivity index (χ1n) is 6.36. The number of rotatable bonds is 3. The summed E-state index contributed by atoms with van der Waals surface area (Å²) in [5, 5.41) is 0. The third-order valence-electron chi connectivity index (χ3n) is 3.34. The van der Waals surface area contributed by atoms with Crippen LogP contribution in [0.1, 0.15) is 18.4 Å². The van der Waals surface area contributed by atoms with Gasteiger partial charge >= 0.3 is 0 Å². The normalized spacial score (nSPS) is 19.7. The number of benzene rings is 1. The van der Waals surface area contributed by atoms with E-state index in [9.17, 15) is 4.79 Å². The number of nitrogens with two attached hydrogens (primary N) is 1. The number of likely N-dealkylation sites (tertiary alicyclic amines) is 1. The second kappa shape index (κ2) is 5.87. The van der Waals surface area contributed by atoms with Crippen molar-refractivity contribution in [2.45, 2.75) is 25.3 Å². The summed E-state index contributed by atoms with van der Waals surface area (Å²) in [4.78, 5) is 14.1. The van der Waals surface area contributed by atoms with Crippen LogP contribution in [0.2, 0.25) is 0 Å². The lowest BCUT2D eigenvalue weighted by Gasteiger charge is -2.31. The summed E-state index contributed by atoms with van der Waals surface area (Å²) in [5.74, 6) is 0.904. The number of methoxy groups -OCH3 is 1. The highest BCUT2D eigenvalue weighted by Gasteiger charge is 2.21. The van der Waals surface area contributed by atoms with Crippen LogP contribution in [0.4, 0.5) is 0 Å². The molecule has 18 heavy (non-hydrogen) atoms. The molecule has 0 aliphatic carbocycles. The smallest absolute Gasteiger partial charge is 0.227 e. The van der Waals surface area contributed by atoms with Crippen molar-refractivity contribution in [1.29, 1.82) is 0 Å². The lowest BCUT2D eigenvalue weighted by molar-refractivity contribution is -0.131. The van der Waals surface area contributed by atoms with Gasteiger partial charge in [0.1, 0.15) is 5.75 Å². The summed E-state index contributed by atoms with van der Waals surface area (Å²) in [6.07, 6.45) is 2.40. The zero-order valence-corrected chi connectivity index (χ0v) is 10.8. The van der Waals surface area contributed by atoms with E-state index in [0.29, 0.717) is 13.0 Å². The van der Waals surface area contributed by atoms with Crippen molar-refractivity contribution in [3.63, 3.8) is 0 Å². The first-order valence-corrected chi connectivity index (χ1v) is 6.36. The van der Waals surface area contributed by atoms with Gasteiger partial charge in [0.2, 0.25) is 5.91 Å². The zero-order chi connectivity index (χ0) is 13.0. The average molecular weight is 248 g/mol. The minimum Gasteiger partial charge on any atom is -0.496 e. The maximum absolute atomic E-state index is 12.2. The maximum Gasteiger partial charge on any atom is 0.227 e. The summed E-state index contributed by atoms with van der Waals surface area (Å²) < 4.78 is 5.26. The monoisotopic (exact) mass is 248 g/mol. The highest BCUT2D eigenvalue weighted by atomic mass is 16.5. The van der Waals surface area contributed by atoms with E-state index in [4.69, 9.17) is 10.5 Å². The highest BCUT2D eigenvalue weighted by Crippen LogP contribution is 2.19. The van der Waals surface area contributed by atoms with E-state index in [1.54, 1.807) is 7.11 Å². The first kappa shape index (κ1) is 12.9. The van der Waals surface area contributed by atoms with Gasteiger partial charge in [0.05, 0.1) is 13.5 Å². The molecule has 1 aliphatic rings. The molecule has 1 amide bonds. The van der Waals surface area contributed by atoms with Crippen LogP contribution >= 0.6 is 0 Å². The fourth-order valence-electron chi connectivity index (χ4n) is 2.36. The van der Waals surface area contributed by atoms with Crippen molar-refractivity contribution in [3.05, 3.63) is 29.8 Å². The topological polar surface area (TPSA) is 55.6 Å². The molecule has 0 aromatic heterocycles. The molecule has 1 aromatic carbocycles. The fraction of sp³-hybridized carbons (Fsp3) is 0.500. The summed E-state index contributed by atoms with van der Waals surface area (Å²) >= 11 is 0. The summed E-state index contributed by atoms with van der Waals surface area (Å²) in [6, 6.07) is 7.77. The Balaban J connectivity index is 2.02. The SMILES string of the molecule is COc1ccccc1CC(=O)N1CCCC(N)C1. The summed E-state index contributed by atoms with van der Waals surface area (Å²) in [5.41, 5.74) is 6.83. The Morgan fingerprint density at radius 2 is 2.28 bits per heavy atom. The Kier molecular flexibility index (Phi) is 4.20. The number of nitrogens with zero attached hydrogens (tertiary/aromatic N) is 1. The molecule has 1 fully saturated rings. The number of piperidine rings is 1. The van der Waals surface area contributed by atoms with Crippen molar-refractivity contribution in [1.82, 2.24) is 4.90 Å². The van der Waals surface area contributed by atoms with Crippen LogP contribution in [0.3, 0.4) is 0 Å².